The molecule has 2 heterocycles. The van der Waals surface area contributed by atoms with Crippen LogP contribution in [0.1, 0.15) is 22.3 Å². The maximum atomic E-state index is 11.4. The Bertz CT molecular complexity index is 472. The lowest BCUT2D eigenvalue weighted by molar-refractivity contribution is 0.0600. The van der Waals surface area contributed by atoms with Crippen LogP contribution in [0.4, 0.5) is 0 Å². The fourth-order valence-corrected chi connectivity index (χ4v) is 3.38. The maximum Gasteiger partial charge on any atom is 0.337 e. The van der Waals surface area contributed by atoms with E-state index < -0.39 is 0 Å². The molecule has 2 unspecified atom stereocenters. The number of rotatable bonds is 3. The lowest BCUT2D eigenvalue weighted by Crippen LogP contribution is -2.39. The molecule has 4 nitrogen and oxygen atoms in total. The van der Waals surface area contributed by atoms with Crippen molar-refractivity contribution in [1.29, 1.82) is 0 Å². The Morgan fingerprint density at radius 1 is 1.30 bits per heavy atom. The van der Waals surface area contributed by atoms with Gasteiger partial charge >= 0.3 is 5.97 Å². The Morgan fingerprint density at radius 3 is 2.80 bits per heavy atom. The van der Waals surface area contributed by atoms with E-state index in [9.17, 15) is 4.79 Å². The highest BCUT2D eigenvalue weighted by Crippen LogP contribution is 2.27. The number of piperidine rings is 1. The van der Waals surface area contributed by atoms with E-state index in [-0.39, 0.29) is 5.97 Å². The summed E-state index contributed by atoms with van der Waals surface area (Å²) in [5, 5.41) is 3.50. The van der Waals surface area contributed by atoms with E-state index in [1.807, 2.05) is 24.3 Å². The zero-order valence-electron chi connectivity index (χ0n) is 12.0. The van der Waals surface area contributed by atoms with E-state index in [2.05, 4.69) is 10.2 Å². The summed E-state index contributed by atoms with van der Waals surface area (Å²) >= 11 is 0. The van der Waals surface area contributed by atoms with Crippen LogP contribution in [-0.4, -0.2) is 44.2 Å². The second-order valence-corrected chi connectivity index (χ2v) is 5.89. The highest BCUT2D eigenvalue weighted by molar-refractivity contribution is 5.89. The molecule has 0 saturated carbocycles. The van der Waals surface area contributed by atoms with Crippen LogP contribution in [-0.2, 0) is 11.3 Å². The SMILES string of the molecule is COC(=O)c1ccc(CN2CCC3CNCC3C2)cc1. The summed E-state index contributed by atoms with van der Waals surface area (Å²) in [5.41, 5.74) is 1.89. The molecule has 1 N–H and O–H groups in total. The van der Waals surface area contributed by atoms with Gasteiger partial charge in [-0.3, -0.25) is 4.90 Å². The van der Waals surface area contributed by atoms with Gasteiger partial charge in [0.05, 0.1) is 12.7 Å². The second-order valence-electron chi connectivity index (χ2n) is 5.89. The number of carbonyl (C=O) groups is 1. The molecule has 3 rings (SSSR count). The van der Waals surface area contributed by atoms with Crippen LogP contribution in [0.15, 0.2) is 24.3 Å². The van der Waals surface area contributed by atoms with Gasteiger partial charge in [0, 0.05) is 13.1 Å². The first-order chi connectivity index (χ1) is 9.76. The summed E-state index contributed by atoms with van der Waals surface area (Å²) < 4.78 is 4.72. The number of esters is 1. The number of likely N-dealkylation sites (tertiary alicyclic amines) is 1. The van der Waals surface area contributed by atoms with Crippen molar-refractivity contribution < 1.29 is 9.53 Å². The van der Waals surface area contributed by atoms with Gasteiger partial charge in [-0.05, 0) is 55.6 Å². The molecule has 0 radical (unpaired) electrons. The van der Waals surface area contributed by atoms with Crippen molar-refractivity contribution in [3.05, 3.63) is 35.4 Å². The Kier molecular flexibility index (Phi) is 4.03. The van der Waals surface area contributed by atoms with Crippen LogP contribution >= 0.6 is 0 Å². The fourth-order valence-electron chi connectivity index (χ4n) is 3.38. The predicted octanol–water partition coefficient (Wildman–Crippen LogP) is 1.51. The van der Waals surface area contributed by atoms with Crippen LogP contribution in [0.3, 0.4) is 0 Å². The van der Waals surface area contributed by atoms with Gasteiger partial charge in [0.1, 0.15) is 0 Å². The van der Waals surface area contributed by atoms with Crippen molar-refractivity contribution >= 4 is 5.97 Å². The summed E-state index contributed by atoms with van der Waals surface area (Å²) in [6.07, 6.45) is 1.30. The van der Waals surface area contributed by atoms with Gasteiger partial charge in [0.2, 0.25) is 0 Å². The molecule has 1 aromatic rings. The first-order valence-electron chi connectivity index (χ1n) is 7.36. The number of ether oxygens (including phenoxy) is 1. The van der Waals surface area contributed by atoms with Crippen LogP contribution in [0, 0.1) is 11.8 Å². The number of hydrogen-bond acceptors (Lipinski definition) is 4. The molecule has 2 fully saturated rings. The van der Waals surface area contributed by atoms with Crippen molar-refractivity contribution in [2.45, 2.75) is 13.0 Å². The molecule has 20 heavy (non-hydrogen) atoms. The predicted molar refractivity (Wildman–Crippen MR) is 77.5 cm³/mol. The normalized spacial score (nSPS) is 26.2. The summed E-state index contributed by atoms with van der Waals surface area (Å²) in [5.74, 6) is 1.43. The van der Waals surface area contributed by atoms with Gasteiger partial charge in [-0.25, -0.2) is 4.79 Å². The fraction of sp³-hybridized carbons (Fsp3) is 0.562. The van der Waals surface area contributed by atoms with Crippen LogP contribution in [0.5, 0.6) is 0 Å². The first kappa shape index (κ1) is 13.6. The molecule has 1 aromatic carbocycles. The summed E-state index contributed by atoms with van der Waals surface area (Å²) in [7, 11) is 1.41. The van der Waals surface area contributed by atoms with E-state index in [0.29, 0.717) is 5.56 Å². The number of fused-ring (bicyclic) bond motifs is 1. The van der Waals surface area contributed by atoms with Crippen molar-refractivity contribution in [3.63, 3.8) is 0 Å². The largest absolute Gasteiger partial charge is 0.465 e. The van der Waals surface area contributed by atoms with Crippen molar-refractivity contribution in [3.8, 4) is 0 Å². The minimum atomic E-state index is -0.269. The standard InChI is InChI=1S/C16H22N2O2/c1-20-16(19)13-4-2-12(3-5-13)10-18-7-6-14-8-17-9-15(14)11-18/h2-5,14-15,17H,6-11H2,1H3. The summed E-state index contributed by atoms with van der Waals surface area (Å²) in [6.45, 7) is 5.72. The number of benzene rings is 1. The minimum Gasteiger partial charge on any atom is -0.465 e. The molecule has 0 bridgehead atoms. The second kappa shape index (κ2) is 5.94. The zero-order chi connectivity index (χ0) is 13.9. The van der Waals surface area contributed by atoms with E-state index in [0.717, 1.165) is 18.4 Å². The van der Waals surface area contributed by atoms with E-state index in [4.69, 9.17) is 4.74 Å². The van der Waals surface area contributed by atoms with Gasteiger partial charge in [0.15, 0.2) is 0 Å². The van der Waals surface area contributed by atoms with Gasteiger partial charge in [0.25, 0.3) is 0 Å². The Morgan fingerprint density at radius 2 is 2.05 bits per heavy atom. The molecule has 2 atom stereocenters. The topological polar surface area (TPSA) is 41.6 Å². The highest BCUT2D eigenvalue weighted by Gasteiger charge is 2.32. The molecule has 2 aliphatic heterocycles. The van der Waals surface area contributed by atoms with Crippen molar-refractivity contribution in [2.75, 3.05) is 33.3 Å². The lowest BCUT2D eigenvalue weighted by Gasteiger charge is -2.34. The van der Waals surface area contributed by atoms with Crippen LogP contribution < -0.4 is 5.32 Å². The minimum absolute atomic E-state index is 0.269. The third-order valence-corrected chi connectivity index (χ3v) is 4.57. The number of carbonyl (C=O) groups excluding carboxylic acids is 1. The molecule has 4 heteroatoms. The molecule has 0 aromatic heterocycles. The summed E-state index contributed by atoms with van der Waals surface area (Å²) in [6, 6.07) is 7.77. The molecule has 0 aliphatic carbocycles. The summed E-state index contributed by atoms with van der Waals surface area (Å²) in [4.78, 5) is 13.9. The van der Waals surface area contributed by atoms with E-state index in [1.54, 1.807) is 0 Å². The molecular formula is C16H22N2O2. The zero-order valence-corrected chi connectivity index (χ0v) is 12.0. The molecule has 0 amide bonds. The first-order valence-corrected chi connectivity index (χ1v) is 7.36. The third kappa shape index (κ3) is 2.86. The van der Waals surface area contributed by atoms with Gasteiger partial charge < -0.3 is 10.1 Å². The molecule has 0 spiro atoms. The number of hydrogen-bond donors (Lipinski definition) is 1. The Labute approximate surface area is 120 Å². The van der Waals surface area contributed by atoms with E-state index in [1.165, 1.54) is 45.3 Å². The number of nitrogens with zero attached hydrogens (tertiary/aromatic N) is 1. The number of methoxy groups -OCH3 is 1. The van der Waals surface area contributed by atoms with Gasteiger partial charge in [-0.2, -0.15) is 0 Å². The van der Waals surface area contributed by atoms with Gasteiger partial charge in [-0.1, -0.05) is 12.1 Å². The average Bonchev–Trinajstić information content (AvgIpc) is 2.95. The smallest absolute Gasteiger partial charge is 0.337 e. The van der Waals surface area contributed by atoms with E-state index >= 15 is 0 Å². The number of nitrogens with one attached hydrogen (secondary N) is 1. The average molecular weight is 274 g/mol. The van der Waals surface area contributed by atoms with Crippen molar-refractivity contribution in [1.82, 2.24) is 10.2 Å². The molecule has 108 valence electrons. The molecule has 2 aliphatic rings. The Balaban J connectivity index is 1.59. The maximum absolute atomic E-state index is 11.4. The highest BCUT2D eigenvalue weighted by atomic mass is 16.5. The lowest BCUT2D eigenvalue weighted by atomic mass is 9.88. The Hall–Kier alpha value is -1.39. The van der Waals surface area contributed by atoms with Crippen molar-refractivity contribution in [2.24, 2.45) is 11.8 Å². The van der Waals surface area contributed by atoms with Gasteiger partial charge in [-0.15, -0.1) is 0 Å². The monoisotopic (exact) mass is 274 g/mol. The molecular weight excluding hydrogens is 252 g/mol. The molecule has 2 saturated heterocycles. The van der Waals surface area contributed by atoms with Crippen LogP contribution in [0.2, 0.25) is 0 Å². The van der Waals surface area contributed by atoms with Crippen LogP contribution in [0.25, 0.3) is 0 Å². The quantitative estimate of drug-likeness (QED) is 0.849. The third-order valence-electron chi connectivity index (χ3n) is 4.57.